The summed E-state index contributed by atoms with van der Waals surface area (Å²) in [5, 5.41) is 4.99. The van der Waals surface area contributed by atoms with Crippen molar-refractivity contribution in [2.24, 2.45) is 5.10 Å². The predicted molar refractivity (Wildman–Crippen MR) is 74.1 cm³/mol. The molecule has 0 unspecified atom stereocenters. The molecule has 0 aliphatic carbocycles. The third kappa shape index (κ3) is 3.45. The van der Waals surface area contributed by atoms with E-state index >= 15 is 0 Å². The molecule has 1 N–H and O–H groups in total. The van der Waals surface area contributed by atoms with Crippen LogP contribution in [0, 0.1) is 5.82 Å². The third-order valence-electron chi connectivity index (χ3n) is 2.20. The molecule has 0 saturated heterocycles. The topological polar surface area (TPSA) is 24.4 Å². The van der Waals surface area contributed by atoms with E-state index in [9.17, 15) is 4.39 Å². The Kier molecular flexibility index (Phi) is 4.18. The molecule has 2 nitrogen and oxygen atoms in total. The van der Waals surface area contributed by atoms with E-state index in [0.717, 1.165) is 5.56 Å². The van der Waals surface area contributed by atoms with E-state index in [1.807, 2.05) is 0 Å². The van der Waals surface area contributed by atoms with Crippen molar-refractivity contribution in [2.75, 3.05) is 5.43 Å². The van der Waals surface area contributed by atoms with Gasteiger partial charge in [0.1, 0.15) is 5.82 Å². The number of nitrogens with zero attached hydrogens (tertiary/aromatic N) is 1. The van der Waals surface area contributed by atoms with E-state index < -0.39 is 0 Å². The van der Waals surface area contributed by atoms with Crippen LogP contribution in [-0.4, -0.2) is 6.21 Å². The Balaban J connectivity index is 2.02. The summed E-state index contributed by atoms with van der Waals surface area (Å²) in [5.74, 6) is -0.283. The van der Waals surface area contributed by atoms with E-state index in [2.05, 4.69) is 10.5 Å². The van der Waals surface area contributed by atoms with Crippen molar-refractivity contribution < 1.29 is 4.39 Å². The fraction of sp³-hybridized carbons (Fsp3) is 0. The number of hydrogen-bond donors (Lipinski definition) is 1. The minimum atomic E-state index is -0.283. The molecular formula is C13H9Cl2FN2. The summed E-state index contributed by atoms with van der Waals surface area (Å²) >= 11 is 11.7. The number of nitrogens with one attached hydrogen (secondary N) is 1. The lowest BCUT2D eigenvalue weighted by atomic mass is 10.2. The first kappa shape index (κ1) is 12.9. The van der Waals surface area contributed by atoms with E-state index in [4.69, 9.17) is 23.2 Å². The molecule has 92 valence electrons. The highest BCUT2D eigenvalue weighted by Gasteiger charge is 1.97. The van der Waals surface area contributed by atoms with Crippen LogP contribution in [0.1, 0.15) is 5.56 Å². The van der Waals surface area contributed by atoms with Gasteiger partial charge < -0.3 is 0 Å². The van der Waals surface area contributed by atoms with Gasteiger partial charge in [-0.2, -0.15) is 5.10 Å². The molecule has 0 saturated carbocycles. The van der Waals surface area contributed by atoms with Gasteiger partial charge in [-0.15, -0.1) is 0 Å². The molecular weight excluding hydrogens is 274 g/mol. The van der Waals surface area contributed by atoms with Crippen molar-refractivity contribution in [2.45, 2.75) is 0 Å². The maximum Gasteiger partial charge on any atom is 0.123 e. The number of anilines is 1. The van der Waals surface area contributed by atoms with Gasteiger partial charge in [0.15, 0.2) is 0 Å². The number of rotatable bonds is 3. The van der Waals surface area contributed by atoms with Crippen LogP contribution in [0.15, 0.2) is 47.6 Å². The standard InChI is InChI=1S/C13H9Cl2FN2/c14-12-6-1-9(7-13(12)15)8-17-18-11-4-2-10(16)3-5-11/h1-8,18H/b17-8-. The van der Waals surface area contributed by atoms with Gasteiger partial charge in [0, 0.05) is 0 Å². The fourth-order valence-electron chi connectivity index (χ4n) is 1.30. The number of hydrazone groups is 1. The van der Waals surface area contributed by atoms with Crippen LogP contribution in [0.25, 0.3) is 0 Å². The maximum atomic E-state index is 12.7. The van der Waals surface area contributed by atoms with Gasteiger partial charge in [-0.05, 0) is 42.0 Å². The number of halogens is 3. The van der Waals surface area contributed by atoms with Crippen LogP contribution in [0.4, 0.5) is 10.1 Å². The van der Waals surface area contributed by atoms with Crippen molar-refractivity contribution >= 4 is 35.1 Å². The summed E-state index contributed by atoms with van der Waals surface area (Å²) in [5.41, 5.74) is 4.30. The number of benzene rings is 2. The summed E-state index contributed by atoms with van der Waals surface area (Å²) in [6, 6.07) is 11.1. The third-order valence-corrected chi connectivity index (χ3v) is 2.93. The van der Waals surface area contributed by atoms with Crippen molar-refractivity contribution in [1.29, 1.82) is 0 Å². The molecule has 0 aromatic heterocycles. The second kappa shape index (κ2) is 5.85. The molecule has 0 aliphatic rings. The van der Waals surface area contributed by atoms with E-state index in [1.165, 1.54) is 12.1 Å². The molecule has 2 aromatic rings. The van der Waals surface area contributed by atoms with Crippen molar-refractivity contribution in [1.82, 2.24) is 0 Å². The molecule has 2 aromatic carbocycles. The zero-order valence-electron chi connectivity index (χ0n) is 9.20. The first-order valence-electron chi connectivity index (χ1n) is 5.15. The SMILES string of the molecule is Fc1ccc(N/N=C\c2ccc(Cl)c(Cl)c2)cc1. The van der Waals surface area contributed by atoms with E-state index in [1.54, 1.807) is 36.5 Å². The molecule has 0 fully saturated rings. The Hall–Kier alpha value is -1.58. The first-order valence-corrected chi connectivity index (χ1v) is 5.90. The highest BCUT2D eigenvalue weighted by Crippen LogP contribution is 2.21. The number of hydrogen-bond acceptors (Lipinski definition) is 2. The molecule has 0 aliphatic heterocycles. The Morgan fingerprint density at radius 3 is 2.39 bits per heavy atom. The normalized spacial score (nSPS) is 10.8. The van der Waals surface area contributed by atoms with Crippen LogP contribution < -0.4 is 5.43 Å². The fourth-order valence-corrected chi connectivity index (χ4v) is 1.60. The molecule has 0 radical (unpaired) electrons. The summed E-state index contributed by atoms with van der Waals surface area (Å²) in [7, 11) is 0. The molecule has 0 heterocycles. The van der Waals surface area contributed by atoms with Gasteiger partial charge in [-0.25, -0.2) is 4.39 Å². The largest absolute Gasteiger partial charge is 0.279 e. The van der Waals surface area contributed by atoms with E-state index in [0.29, 0.717) is 15.7 Å². The van der Waals surface area contributed by atoms with Gasteiger partial charge in [-0.3, -0.25) is 5.43 Å². The first-order chi connectivity index (χ1) is 8.65. The van der Waals surface area contributed by atoms with Crippen LogP contribution in [0.3, 0.4) is 0 Å². The van der Waals surface area contributed by atoms with Crippen LogP contribution >= 0.6 is 23.2 Å². The smallest absolute Gasteiger partial charge is 0.123 e. The lowest BCUT2D eigenvalue weighted by molar-refractivity contribution is 0.628. The van der Waals surface area contributed by atoms with Gasteiger partial charge >= 0.3 is 0 Å². The summed E-state index contributed by atoms with van der Waals surface area (Å²) in [6.07, 6.45) is 1.60. The quantitative estimate of drug-likeness (QED) is 0.647. The molecule has 0 bridgehead atoms. The predicted octanol–water partition coefficient (Wildman–Crippen LogP) is 4.58. The minimum Gasteiger partial charge on any atom is -0.279 e. The Morgan fingerprint density at radius 1 is 1.00 bits per heavy atom. The van der Waals surface area contributed by atoms with Gasteiger partial charge in [0.2, 0.25) is 0 Å². The molecule has 0 amide bonds. The molecule has 18 heavy (non-hydrogen) atoms. The second-order valence-electron chi connectivity index (χ2n) is 3.55. The van der Waals surface area contributed by atoms with Crippen molar-refractivity contribution in [3.8, 4) is 0 Å². The van der Waals surface area contributed by atoms with Gasteiger partial charge in [0.05, 0.1) is 21.9 Å². The van der Waals surface area contributed by atoms with Crippen molar-refractivity contribution in [3.63, 3.8) is 0 Å². The highest BCUT2D eigenvalue weighted by atomic mass is 35.5. The zero-order chi connectivity index (χ0) is 13.0. The lowest BCUT2D eigenvalue weighted by Gasteiger charge is -2.00. The lowest BCUT2D eigenvalue weighted by Crippen LogP contribution is -1.90. The molecule has 0 atom stereocenters. The van der Waals surface area contributed by atoms with Crippen molar-refractivity contribution in [3.05, 3.63) is 63.9 Å². The molecule has 2 rings (SSSR count). The monoisotopic (exact) mass is 282 g/mol. The van der Waals surface area contributed by atoms with Crippen LogP contribution in [-0.2, 0) is 0 Å². The Labute approximate surface area is 114 Å². The summed E-state index contributed by atoms with van der Waals surface area (Å²) in [4.78, 5) is 0. The average molecular weight is 283 g/mol. The van der Waals surface area contributed by atoms with Crippen LogP contribution in [0.5, 0.6) is 0 Å². The minimum absolute atomic E-state index is 0.283. The highest BCUT2D eigenvalue weighted by molar-refractivity contribution is 6.42. The Morgan fingerprint density at radius 2 is 1.72 bits per heavy atom. The molecule has 5 heteroatoms. The van der Waals surface area contributed by atoms with Crippen LogP contribution in [0.2, 0.25) is 10.0 Å². The average Bonchev–Trinajstić information content (AvgIpc) is 2.36. The summed E-state index contributed by atoms with van der Waals surface area (Å²) in [6.45, 7) is 0. The zero-order valence-corrected chi connectivity index (χ0v) is 10.7. The maximum absolute atomic E-state index is 12.7. The van der Waals surface area contributed by atoms with E-state index in [-0.39, 0.29) is 5.82 Å². The molecule has 0 spiro atoms. The summed E-state index contributed by atoms with van der Waals surface area (Å²) < 4.78 is 12.7. The Bertz CT molecular complexity index is 568. The van der Waals surface area contributed by atoms with Gasteiger partial charge in [0.25, 0.3) is 0 Å². The second-order valence-corrected chi connectivity index (χ2v) is 4.36. The van der Waals surface area contributed by atoms with Gasteiger partial charge in [-0.1, -0.05) is 29.3 Å².